The second-order valence-electron chi connectivity index (χ2n) is 11.0. The van der Waals surface area contributed by atoms with Crippen LogP contribution in [0.15, 0.2) is 53.8 Å². The lowest BCUT2D eigenvalue weighted by Crippen LogP contribution is -2.62. The molecule has 2 aromatic carbocycles. The minimum atomic E-state index is -2.64. The molecule has 9 nitrogen and oxygen atoms in total. The van der Waals surface area contributed by atoms with Crippen LogP contribution >= 0.6 is 0 Å². The fourth-order valence-electron chi connectivity index (χ4n) is 6.80. The van der Waals surface area contributed by atoms with Gasteiger partial charge < -0.3 is 30.9 Å². The zero-order valence-electron chi connectivity index (χ0n) is 22.4. The molecule has 0 bridgehead atoms. The van der Waals surface area contributed by atoms with Crippen LogP contribution in [-0.2, 0) is 20.8 Å². The van der Waals surface area contributed by atoms with E-state index in [2.05, 4.69) is 6.58 Å². The van der Waals surface area contributed by atoms with Gasteiger partial charge in [-0.15, -0.1) is 0 Å². The lowest BCUT2D eigenvalue weighted by Gasteiger charge is -2.50. The summed E-state index contributed by atoms with van der Waals surface area (Å²) in [6.07, 6.45) is 1.91. The molecule has 4 atom stereocenters. The van der Waals surface area contributed by atoms with Crippen LogP contribution in [0.1, 0.15) is 37.0 Å². The highest BCUT2D eigenvalue weighted by molar-refractivity contribution is 6.23. The van der Waals surface area contributed by atoms with Crippen molar-refractivity contribution in [3.05, 3.63) is 70.5 Å². The van der Waals surface area contributed by atoms with E-state index in [1.165, 1.54) is 13.2 Å². The number of amides is 1. The number of carbonyl (C=O) groups is 3. The van der Waals surface area contributed by atoms with Gasteiger partial charge >= 0.3 is 0 Å². The van der Waals surface area contributed by atoms with E-state index in [0.29, 0.717) is 22.4 Å². The van der Waals surface area contributed by atoms with Crippen LogP contribution in [0.4, 0.5) is 0 Å². The molecule has 0 saturated heterocycles. The molecule has 1 amide bonds. The Hall–Kier alpha value is -4.37. The highest BCUT2D eigenvalue weighted by Gasteiger charge is 2.64. The van der Waals surface area contributed by atoms with Gasteiger partial charge in [0.05, 0.1) is 12.7 Å². The van der Waals surface area contributed by atoms with E-state index in [9.17, 15) is 34.8 Å². The zero-order chi connectivity index (χ0) is 29.3. The summed E-state index contributed by atoms with van der Waals surface area (Å²) in [6, 6.07) is 8.58. The largest absolute Gasteiger partial charge is 0.508 e. The fraction of sp³-hybridized carbons (Fsp3) is 0.323. The summed E-state index contributed by atoms with van der Waals surface area (Å²) in [5, 5.41) is 45.1. The van der Waals surface area contributed by atoms with Gasteiger partial charge in [0.2, 0.25) is 5.78 Å². The van der Waals surface area contributed by atoms with Gasteiger partial charge in [0.25, 0.3) is 5.91 Å². The second-order valence-corrected chi connectivity index (χ2v) is 11.0. The number of benzene rings is 2. The molecule has 0 radical (unpaired) electrons. The summed E-state index contributed by atoms with van der Waals surface area (Å²) in [6.45, 7) is 7.27. The lowest BCUT2D eigenvalue weighted by molar-refractivity contribution is -0.155. The number of primary amides is 1. The first-order valence-corrected chi connectivity index (χ1v) is 13.0. The number of nitrogens with two attached hydrogens (primary N) is 1. The number of methoxy groups -OCH3 is 1. The monoisotopic (exact) mass is 545 g/mol. The van der Waals surface area contributed by atoms with Gasteiger partial charge in [0.1, 0.15) is 28.6 Å². The first-order valence-electron chi connectivity index (χ1n) is 13.0. The van der Waals surface area contributed by atoms with Crippen LogP contribution in [0.2, 0.25) is 0 Å². The fourth-order valence-corrected chi connectivity index (χ4v) is 6.80. The number of hydrogen-bond acceptors (Lipinski definition) is 8. The maximum absolute atomic E-state index is 14.0. The smallest absolute Gasteiger partial charge is 0.255 e. The summed E-state index contributed by atoms with van der Waals surface area (Å²) < 4.78 is 5.58. The van der Waals surface area contributed by atoms with E-state index in [1.807, 2.05) is 12.1 Å². The molecule has 208 valence electrons. The van der Waals surface area contributed by atoms with Crippen molar-refractivity contribution < 1.29 is 39.5 Å². The van der Waals surface area contributed by atoms with Crippen LogP contribution < -0.4 is 10.5 Å². The van der Waals surface area contributed by atoms with Crippen LogP contribution in [-0.4, -0.2) is 50.6 Å². The molecule has 0 unspecified atom stereocenters. The SMILES string of the molecule is C=Cc1ccc(OC)c(-c2ccc(O)c3c2C[C@H]2C[C@H]4[C@H](C(C)C)C(=O)C(C(N)=O)=C(O)[C@@]4(O)C(=O)C2=C3O)c1. The lowest BCUT2D eigenvalue weighted by atomic mass is 9.54. The van der Waals surface area contributed by atoms with Crippen LogP contribution in [0.5, 0.6) is 11.5 Å². The third kappa shape index (κ3) is 3.61. The Morgan fingerprint density at radius 1 is 1.15 bits per heavy atom. The van der Waals surface area contributed by atoms with Gasteiger partial charge in [-0.05, 0) is 59.6 Å². The van der Waals surface area contributed by atoms with Crippen LogP contribution in [0, 0.1) is 23.7 Å². The van der Waals surface area contributed by atoms with Crippen LogP contribution in [0.3, 0.4) is 0 Å². The van der Waals surface area contributed by atoms with Crippen molar-refractivity contribution in [2.24, 2.45) is 29.4 Å². The Morgan fingerprint density at radius 3 is 2.45 bits per heavy atom. The molecule has 1 saturated carbocycles. The number of carbonyl (C=O) groups excluding carboxylic acids is 3. The number of phenolic OH excluding ortho intramolecular Hbond substituents is 1. The van der Waals surface area contributed by atoms with Crippen molar-refractivity contribution >= 4 is 29.3 Å². The summed E-state index contributed by atoms with van der Waals surface area (Å²) in [5.41, 5.74) is 4.50. The van der Waals surface area contributed by atoms with Crippen molar-refractivity contribution in [3.8, 4) is 22.6 Å². The highest BCUT2D eigenvalue weighted by Crippen LogP contribution is 2.55. The summed E-state index contributed by atoms with van der Waals surface area (Å²) in [4.78, 5) is 39.4. The second kappa shape index (κ2) is 9.38. The average molecular weight is 546 g/mol. The normalized spacial score (nSPS) is 25.9. The van der Waals surface area contributed by atoms with Crippen molar-refractivity contribution in [1.29, 1.82) is 0 Å². The number of rotatable bonds is 5. The quantitative estimate of drug-likeness (QED) is 0.355. The first-order chi connectivity index (χ1) is 18.9. The van der Waals surface area contributed by atoms with Crippen molar-refractivity contribution in [2.75, 3.05) is 7.11 Å². The van der Waals surface area contributed by atoms with E-state index in [4.69, 9.17) is 10.5 Å². The van der Waals surface area contributed by atoms with E-state index in [0.717, 1.165) is 5.56 Å². The number of aliphatic hydroxyl groups is 3. The van der Waals surface area contributed by atoms with E-state index >= 15 is 0 Å². The van der Waals surface area contributed by atoms with Gasteiger partial charge in [-0.2, -0.15) is 0 Å². The molecule has 5 rings (SSSR count). The maximum atomic E-state index is 14.0. The molecule has 0 spiro atoms. The van der Waals surface area contributed by atoms with Crippen molar-refractivity contribution in [2.45, 2.75) is 32.3 Å². The average Bonchev–Trinajstić information content (AvgIpc) is 2.90. The highest BCUT2D eigenvalue weighted by atomic mass is 16.5. The molecule has 2 aromatic rings. The predicted molar refractivity (Wildman–Crippen MR) is 147 cm³/mol. The molecule has 0 aliphatic heterocycles. The van der Waals surface area contributed by atoms with Gasteiger partial charge in [-0.3, -0.25) is 14.4 Å². The summed E-state index contributed by atoms with van der Waals surface area (Å²) >= 11 is 0. The topological polar surface area (TPSA) is 167 Å². The molecule has 0 heterocycles. The summed E-state index contributed by atoms with van der Waals surface area (Å²) in [7, 11) is 1.53. The number of aromatic hydroxyl groups is 1. The number of phenols is 1. The van der Waals surface area contributed by atoms with Gasteiger partial charge in [0, 0.05) is 23.0 Å². The molecule has 40 heavy (non-hydrogen) atoms. The number of hydrogen-bond donors (Lipinski definition) is 5. The molecule has 1 fully saturated rings. The Morgan fingerprint density at radius 2 is 1.85 bits per heavy atom. The van der Waals surface area contributed by atoms with Crippen molar-refractivity contribution in [3.63, 3.8) is 0 Å². The van der Waals surface area contributed by atoms with Gasteiger partial charge in [-0.1, -0.05) is 38.6 Å². The minimum absolute atomic E-state index is 0.0242. The number of fused-ring (bicyclic) bond motifs is 3. The van der Waals surface area contributed by atoms with E-state index in [-0.39, 0.29) is 29.7 Å². The van der Waals surface area contributed by atoms with E-state index < -0.39 is 63.8 Å². The number of ether oxygens (including phenoxy) is 1. The Labute approximate surface area is 230 Å². The standard InChI is InChI=1S/C31H31NO8/c1-5-14-6-9-21(40-4)17(10-14)16-7-8-20(33)24-18(16)11-15-12-19-22(13(2)3)26(34)25(30(32)38)29(37)31(19,39)28(36)23(15)27(24)35/h5-10,13,15,19,22,33,35,37,39H,1,11-12H2,2-4H3,(H2,32,38)/t15-,19-,22-,31-/m0/s1. The predicted octanol–water partition coefficient (Wildman–Crippen LogP) is 3.62. The van der Waals surface area contributed by atoms with E-state index in [1.54, 1.807) is 32.1 Å². The van der Waals surface area contributed by atoms with Crippen molar-refractivity contribution in [1.82, 2.24) is 0 Å². The minimum Gasteiger partial charge on any atom is -0.508 e. The van der Waals surface area contributed by atoms with Gasteiger partial charge in [-0.25, -0.2) is 0 Å². The summed E-state index contributed by atoms with van der Waals surface area (Å²) in [5.74, 6) is -7.46. The molecule has 0 aromatic heterocycles. The van der Waals surface area contributed by atoms with Crippen LogP contribution in [0.25, 0.3) is 23.0 Å². The molecular formula is C31H31NO8. The molecule has 3 aliphatic carbocycles. The maximum Gasteiger partial charge on any atom is 0.255 e. The molecular weight excluding hydrogens is 514 g/mol. The third-order valence-electron chi connectivity index (χ3n) is 8.60. The first kappa shape index (κ1) is 27.2. The zero-order valence-corrected chi connectivity index (χ0v) is 22.4. The molecule has 9 heteroatoms. The number of ketones is 2. The van der Waals surface area contributed by atoms with Gasteiger partial charge in [0.15, 0.2) is 11.4 Å². The number of aliphatic hydroxyl groups excluding tert-OH is 2. The molecule has 6 N–H and O–H groups in total. The Bertz CT molecular complexity index is 1570. The Balaban J connectivity index is 1.76. The number of Topliss-reactive ketones (excluding diaryl/α,β-unsaturated/α-hetero) is 2. The Kier molecular flexibility index (Phi) is 6.38. The molecule has 3 aliphatic rings. The third-order valence-corrected chi connectivity index (χ3v) is 8.60.